The van der Waals surface area contributed by atoms with Crippen LogP contribution in [-0.2, 0) is 0 Å². The van der Waals surface area contributed by atoms with Gasteiger partial charge in [-0.3, -0.25) is 4.99 Å². The van der Waals surface area contributed by atoms with E-state index in [0.717, 1.165) is 41.1 Å². The lowest BCUT2D eigenvalue weighted by Crippen LogP contribution is -2.25. The maximum atomic E-state index is 6.22. The van der Waals surface area contributed by atoms with E-state index in [4.69, 9.17) is 11.5 Å². The molecule has 0 fully saturated rings. The number of hydrogen-bond donors (Lipinski definition) is 3. The fourth-order valence-corrected chi connectivity index (χ4v) is 3.90. The Labute approximate surface area is 173 Å². The fraction of sp³-hybridized carbons (Fsp3) is 0.292. The Bertz CT molecular complexity index is 950. The summed E-state index contributed by atoms with van der Waals surface area (Å²) < 4.78 is 0. The molecule has 0 aliphatic carbocycles. The van der Waals surface area contributed by atoms with Crippen molar-refractivity contribution in [2.24, 2.45) is 16.5 Å². The van der Waals surface area contributed by atoms with Crippen molar-refractivity contribution in [2.45, 2.75) is 26.3 Å². The first-order valence-electron chi connectivity index (χ1n) is 9.94. The molecule has 5 heteroatoms. The van der Waals surface area contributed by atoms with E-state index >= 15 is 0 Å². The smallest absolute Gasteiger partial charge is 0.0605 e. The van der Waals surface area contributed by atoms with Crippen LogP contribution in [0, 0.1) is 6.92 Å². The third-order valence-electron chi connectivity index (χ3n) is 5.48. The van der Waals surface area contributed by atoms with E-state index in [1.54, 1.807) is 19.5 Å². The molecule has 152 valence electrons. The zero-order chi connectivity index (χ0) is 21.0. The van der Waals surface area contributed by atoms with E-state index < -0.39 is 0 Å². The van der Waals surface area contributed by atoms with Gasteiger partial charge in [-0.05, 0) is 49.6 Å². The van der Waals surface area contributed by atoms with Crippen LogP contribution < -0.4 is 21.7 Å². The highest BCUT2D eigenvalue weighted by Gasteiger charge is 2.26. The molecule has 2 aromatic rings. The normalized spacial score (nSPS) is 18.8. The van der Waals surface area contributed by atoms with Crippen molar-refractivity contribution in [3.05, 3.63) is 76.6 Å². The molecule has 1 unspecified atom stereocenters. The number of nitrogens with zero attached hydrogens (tertiary/aromatic N) is 2. The highest BCUT2D eigenvalue weighted by Crippen LogP contribution is 2.36. The van der Waals surface area contributed by atoms with Gasteiger partial charge < -0.3 is 21.7 Å². The molecule has 29 heavy (non-hydrogen) atoms. The van der Waals surface area contributed by atoms with Gasteiger partial charge in [0.15, 0.2) is 0 Å². The second kappa shape index (κ2) is 8.86. The average Bonchev–Trinajstić information content (AvgIpc) is 2.91. The van der Waals surface area contributed by atoms with Crippen LogP contribution in [0.2, 0.25) is 0 Å². The molecule has 0 radical (unpaired) electrons. The lowest BCUT2D eigenvalue weighted by Gasteiger charge is -2.31. The molecular formula is C24H31N5. The zero-order valence-corrected chi connectivity index (χ0v) is 17.7. The minimum Gasteiger partial charge on any atom is -0.404 e. The van der Waals surface area contributed by atoms with Crippen LogP contribution in [0.4, 0.5) is 5.69 Å². The summed E-state index contributed by atoms with van der Waals surface area (Å²) in [5.41, 5.74) is 20.7. The number of allylic oxidation sites excluding steroid dienone is 2. The van der Waals surface area contributed by atoms with Crippen LogP contribution in [-0.4, -0.2) is 26.9 Å². The quantitative estimate of drug-likeness (QED) is 0.695. The summed E-state index contributed by atoms with van der Waals surface area (Å²) in [7, 11) is 3.91. The minimum absolute atomic E-state index is 0.203. The van der Waals surface area contributed by atoms with Crippen LogP contribution in [0.3, 0.4) is 0 Å². The summed E-state index contributed by atoms with van der Waals surface area (Å²) in [6, 6.07) is 15.3. The molecule has 1 aliphatic rings. The molecule has 0 aromatic heterocycles. The zero-order valence-electron chi connectivity index (χ0n) is 17.7. The Morgan fingerprint density at radius 1 is 1.21 bits per heavy atom. The van der Waals surface area contributed by atoms with Crippen LogP contribution in [0.5, 0.6) is 0 Å². The first-order chi connectivity index (χ1) is 14.0. The monoisotopic (exact) mass is 389 g/mol. The third-order valence-corrected chi connectivity index (χ3v) is 5.48. The van der Waals surface area contributed by atoms with Crippen molar-refractivity contribution in [1.29, 1.82) is 0 Å². The molecular weight excluding hydrogens is 358 g/mol. The minimum atomic E-state index is 0.203. The van der Waals surface area contributed by atoms with Gasteiger partial charge in [-0.25, -0.2) is 0 Å². The van der Waals surface area contributed by atoms with Crippen molar-refractivity contribution in [3.63, 3.8) is 0 Å². The summed E-state index contributed by atoms with van der Waals surface area (Å²) in [4.78, 5) is 6.49. The van der Waals surface area contributed by atoms with E-state index in [-0.39, 0.29) is 6.04 Å². The Morgan fingerprint density at radius 3 is 2.55 bits per heavy atom. The fourth-order valence-electron chi connectivity index (χ4n) is 3.90. The summed E-state index contributed by atoms with van der Waals surface area (Å²) in [5.74, 6) is 0. The van der Waals surface area contributed by atoms with Crippen molar-refractivity contribution < 1.29 is 0 Å². The first kappa shape index (κ1) is 20.5. The number of hydrogen-bond acceptors (Lipinski definition) is 5. The number of nitrogens with two attached hydrogens (primary N) is 2. The van der Waals surface area contributed by atoms with Gasteiger partial charge in [-0.2, -0.15) is 0 Å². The summed E-state index contributed by atoms with van der Waals surface area (Å²) in [6.45, 7) is 4.90. The number of aryl methyl sites for hydroxylation is 1. The largest absolute Gasteiger partial charge is 0.404 e. The Balaban J connectivity index is 2.15. The van der Waals surface area contributed by atoms with E-state index in [2.05, 4.69) is 71.6 Å². The second-order valence-corrected chi connectivity index (χ2v) is 7.55. The Kier molecular flexibility index (Phi) is 6.27. The second-order valence-electron chi connectivity index (χ2n) is 7.55. The lowest BCUT2D eigenvalue weighted by molar-refractivity contribution is 0.610. The van der Waals surface area contributed by atoms with Gasteiger partial charge in [0.1, 0.15) is 0 Å². The van der Waals surface area contributed by atoms with E-state index in [1.165, 1.54) is 16.8 Å². The maximum absolute atomic E-state index is 6.22. The van der Waals surface area contributed by atoms with Crippen molar-refractivity contribution >= 4 is 23.2 Å². The Morgan fingerprint density at radius 2 is 1.93 bits per heavy atom. The number of rotatable bonds is 4. The number of benzene rings is 2. The molecule has 0 spiro atoms. The molecule has 0 bridgehead atoms. The predicted molar refractivity (Wildman–Crippen MR) is 125 cm³/mol. The first-order valence-corrected chi connectivity index (χ1v) is 9.94. The average molecular weight is 390 g/mol. The number of nitrogens with one attached hydrogen (secondary N) is 1. The van der Waals surface area contributed by atoms with E-state index in [1.807, 2.05) is 6.92 Å². The lowest BCUT2D eigenvalue weighted by atomic mass is 9.92. The van der Waals surface area contributed by atoms with Gasteiger partial charge in [0.25, 0.3) is 0 Å². The van der Waals surface area contributed by atoms with Crippen molar-refractivity contribution in [2.75, 3.05) is 25.5 Å². The molecule has 5 N–H and O–H groups in total. The standard InChI is InChI=1S/C24H31N5/c1-16-5-8-20(9-6-16)29(4)23-11-12-28-24(17(2)26)21-10-7-18(13-22(21)23)19(14-25)15-27-3/h5-10,13-15,23,28H,11-12,25-26H2,1-4H3/b19-14?,24-17-,27-15?. The van der Waals surface area contributed by atoms with Crippen molar-refractivity contribution in [3.8, 4) is 0 Å². The highest BCUT2D eigenvalue weighted by atomic mass is 15.1. The van der Waals surface area contributed by atoms with Gasteiger partial charge in [-0.1, -0.05) is 29.8 Å². The molecule has 1 aliphatic heterocycles. The number of anilines is 1. The SMILES string of the molecule is CN=CC(=CN)c1ccc2c(c1)C(N(C)c1ccc(C)cc1)CCN/C2=C(/C)N. The molecule has 2 aromatic carbocycles. The summed E-state index contributed by atoms with van der Waals surface area (Å²) >= 11 is 0. The topological polar surface area (TPSA) is 79.7 Å². The number of aliphatic imine (C=N–C) groups is 1. The number of fused-ring (bicyclic) bond motifs is 1. The third kappa shape index (κ3) is 4.29. The van der Waals surface area contributed by atoms with Gasteiger partial charge in [0.05, 0.1) is 11.7 Å². The molecule has 5 nitrogen and oxygen atoms in total. The van der Waals surface area contributed by atoms with E-state index in [0.29, 0.717) is 0 Å². The van der Waals surface area contributed by atoms with Gasteiger partial charge >= 0.3 is 0 Å². The van der Waals surface area contributed by atoms with E-state index in [9.17, 15) is 0 Å². The van der Waals surface area contributed by atoms with Crippen LogP contribution >= 0.6 is 0 Å². The summed E-state index contributed by atoms with van der Waals surface area (Å²) in [6.07, 6.45) is 4.36. The molecule has 0 amide bonds. The van der Waals surface area contributed by atoms with Crippen LogP contribution in [0.25, 0.3) is 11.3 Å². The molecule has 3 rings (SSSR count). The Hall–Kier alpha value is -3.21. The van der Waals surface area contributed by atoms with Gasteiger partial charge in [0.2, 0.25) is 0 Å². The van der Waals surface area contributed by atoms with Gasteiger partial charge in [-0.15, -0.1) is 0 Å². The highest BCUT2D eigenvalue weighted by molar-refractivity contribution is 6.09. The van der Waals surface area contributed by atoms with Crippen LogP contribution in [0.15, 0.2) is 59.4 Å². The maximum Gasteiger partial charge on any atom is 0.0605 e. The molecule has 1 heterocycles. The van der Waals surface area contributed by atoms with Gasteiger partial charge in [0, 0.05) is 55.6 Å². The van der Waals surface area contributed by atoms with Crippen LogP contribution in [0.1, 0.15) is 41.6 Å². The molecule has 0 saturated carbocycles. The van der Waals surface area contributed by atoms with Crippen molar-refractivity contribution in [1.82, 2.24) is 5.32 Å². The summed E-state index contributed by atoms with van der Waals surface area (Å²) in [5, 5.41) is 3.53. The molecule has 1 atom stereocenters. The molecule has 0 saturated heterocycles. The predicted octanol–water partition coefficient (Wildman–Crippen LogP) is 3.81.